The van der Waals surface area contributed by atoms with Gasteiger partial charge in [0.2, 0.25) is 0 Å². The average molecular weight is 435 g/mol. The van der Waals surface area contributed by atoms with Gasteiger partial charge in [0.25, 0.3) is 0 Å². The molecule has 1 aromatic rings. The summed E-state index contributed by atoms with van der Waals surface area (Å²) in [6.45, 7) is 11.4. The van der Waals surface area contributed by atoms with E-state index in [9.17, 15) is 9.90 Å². The molecule has 0 radical (unpaired) electrons. The molecule has 0 amide bonds. The van der Waals surface area contributed by atoms with Crippen LogP contribution in [-0.4, -0.2) is 46.1 Å². The van der Waals surface area contributed by atoms with Crippen molar-refractivity contribution in [2.45, 2.75) is 58.0 Å². The maximum Gasteiger partial charge on any atom is 0.337 e. The minimum absolute atomic E-state index is 0.0212. The summed E-state index contributed by atoms with van der Waals surface area (Å²) in [5.41, 5.74) is 1.27. The van der Waals surface area contributed by atoms with Crippen molar-refractivity contribution in [2.75, 3.05) is 20.8 Å². The van der Waals surface area contributed by atoms with Crippen LogP contribution in [0.1, 0.15) is 31.7 Å². The van der Waals surface area contributed by atoms with Crippen LogP contribution in [0.4, 0.5) is 0 Å². The average Bonchev–Trinajstić information content (AvgIpc) is 3.06. The van der Waals surface area contributed by atoms with Gasteiger partial charge in [0.15, 0.2) is 6.10 Å². The lowest BCUT2D eigenvalue weighted by Gasteiger charge is -2.36. The molecule has 0 bridgehead atoms. The van der Waals surface area contributed by atoms with Crippen LogP contribution in [0.15, 0.2) is 23.5 Å². The molecule has 0 saturated heterocycles. The molecule has 1 aliphatic carbocycles. The molecule has 1 heterocycles. The second-order valence-electron chi connectivity index (χ2n) is 9.73. The van der Waals surface area contributed by atoms with E-state index in [2.05, 4.69) is 33.5 Å². The zero-order chi connectivity index (χ0) is 22.2. The normalized spacial score (nSPS) is 23.0. The number of esters is 1. The molecule has 7 heteroatoms. The fourth-order valence-corrected chi connectivity index (χ4v) is 5.04. The molecule has 0 aromatic heterocycles. The lowest BCUT2D eigenvalue weighted by Crippen LogP contribution is -2.37. The number of methoxy groups -OCH3 is 2. The Bertz CT molecular complexity index is 839. The SMILES string of the molecule is COc1cc(OC)c2c(c1)O[C@H]1C(O)=C(C(=O)OCC[Si](C)(C)C)C[C@H](C(C)C)[C@@H]21. The Morgan fingerprint density at radius 1 is 1.23 bits per heavy atom. The first-order valence-corrected chi connectivity index (χ1v) is 14.3. The number of hydrogen-bond acceptors (Lipinski definition) is 6. The van der Waals surface area contributed by atoms with E-state index in [0.717, 1.165) is 11.6 Å². The predicted molar refractivity (Wildman–Crippen MR) is 118 cm³/mol. The quantitative estimate of drug-likeness (QED) is 0.485. The molecule has 6 nitrogen and oxygen atoms in total. The number of carbonyl (C=O) groups is 1. The van der Waals surface area contributed by atoms with Crippen molar-refractivity contribution in [3.63, 3.8) is 0 Å². The van der Waals surface area contributed by atoms with Gasteiger partial charge in [-0.3, -0.25) is 0 Å². The fraction of sp³-hybridized carbons (Fsp3) is 0.609. The molecule has 2 aliphatic rings. The van der Waals surface area contributed by atoms with Crippen molar-refractivity contribution >= 4 is 14.0 Å². The molecule has 0 saturated carbocycles. The zero-order valence-electron chi connectivity index (χ0n) is 19.1. The van der Waals surface area contributed by atoms with E-state index in [0.29, 0.717) is 35.8 Å². The smallest absolute Gasteiger partial charge is 0.337 e. The molecule has 1 N–H and O–H groups in total. The highest BCUT2D eigenvalue weighted by atomic mass is 28.3. The van der Waals surface area contributed by atoms with Gasteiger partial charge >= 0.3 is 5.97 Å². The van der Waals surface area contributed by atoms with Gasteiger partial charge in [0.05, 0.1) is 26.4 Å². The van der Waals surface area contributed by atoms with Crippen LogP contribution in [0.25, 0.3) is 0 Å². The van der Waals surface area contributed by atoms with Gasteiger partial charge in [-0.2, -0.15) is 0 Å². The van der Waals surface area contributed by atoms with E-state index in [1.165, 1.54) is 0 Å². The molecule has 0 unspecified atom stereocenters. The van der Waals surface area contributed by atoms with Crippen molar-refractivity contribution in [1.29, 1.82) is 0 Å². The molecule has 1 aliphatic heterocycles. The van der Waals surface area contributed by atoms with Gasteiger partial charge in [-0.15, -0.1) is 0 Å². The first kappa shape index (κ1) is 22.5. The summed E-state index contributed by atoms with van der Waals surface area (Å²) in [6.07, 6.45) is -0.171. The van der Waals surface area contributed by atoms with Crippen LogP contribution < -0.4 is 14.2 Å². The number of carbonyl (C=O) groups excluding carboxylic acids is 1. The molecular formula is C23H34O6Si. The summed E-state index contributed by atoms with van der Waals surface area (Å²) in [5.74, 6) is 1.76. The summed E-state index contributed by atoms with van der Waals surface area (Å²) in [7, 11) is 1.89. The Morgan fingerprint density at radius 2 is 1.93 bits per heavy atom. The first-order valence-electron chi connectivity index (χ1n) is 10.6. The topological polar surface area (TPSA) is 74.2 Å². The summed E-state index contributed by atoms with van der Waals surface area (Å²) in [5, 5.41) is 11.0. The Balaban J connectivity index is 1.95. The maximum atomic E-state index is 12.8. The molecule has 166 valence electrons. The third-order valence-electron chi connectivity index (χ3n) is 6.11. The van der Waals surface area contributed by atoms with E-state index < -0.39 is 20.1 Å². The highest BCUT2D eigenvalue weighted by Gasteiger charge is 2.50. The minimum Gasteiger partial charge on any atom is -0.508 e. The van der Waals surface area contributed by atoms with Crippen LogP contribution in [0.3, 0.4) is 0 Å². The van der Waals surface area contributed by atoms with Crippen molar-refractivity contribution in [3.05, 3.63) is 29.0 Å². The second kappa shape index (κ2) is 8.53. The number of hydrogen-bond donors (Lipinski definition) is 1. The summed E-state index contributed by atoms with van der Waals surface area (Å²) in [6, 6.07) is 4.54. The largest absolute Gasteiger partial charge is 0.508 e. The van der Waals surface area contributed by atoms with Crippen LogP contribution >= 0.6 is 0 Å². The third-order valence-corrected chi connectivity index (χ3v) is 7.82. The van der Waals surface area contributed by atoms with Crippen molar-refractivity contribution in [2.24, 2.45) is 11.8 Å². The summed E-state index contributed by atoms with van der Waals surface area (Å²) in [4.78, 5) is 12.8. The number of rotatable bonds is 7. The summed E-state index contributed by atoms with van der Waals surface area (Å²) >= 11 is 0. The van der Waals surface area contributed by atoms with Gasteiger partial charge in [0.1, 0.15) is 23.0 Å². The first-order chi connectivity index (χ1) is 14.1. The Labute approximate surface area is 180 Å². The van der Waals surface area contributed by atoms with E-state index in [-0.39, 0.29) is 23.5 Å². The third kappa shape index (κ3) is 4.31. The van der Waals surface area contributed by atoms with Crippen molar-refractivity contribution < 1.29 is 28.8 Å². The molecule has 0 spiro atoms. The van der Waals surface area contributed by atoms with Crippen LogP contribution in [0.2, 0.25) is 25.7 Å². The standard InChI is InChI=1S/C23H34O6Si/c1-13(2)15-12-16(23(25)28-8-9-30(5,6)7)21(24)22-19(15)20-17(27-4)10-14(26-3)11-18(20)29-22/h10-11,13,15,19,22,24H,8-9,12H2,1-7H3/t15-,19+,22-/m1/s1. The van der Waals surface area contributed by atoms with Gasteiger partial charge in [-0.1, -0.05) is 33.5 Å². The van der Waals surface area contributed by atoms with Gasteiger partial charge in [-0.05, 0) is 24.3 Å². The number of fused-ring (bicyclic) bond motifs is 3. The Kier molecular flexibility index (Phi) is 6.41. The van der Waals surface area contributed by atoms with E-state index >= 15 is 0 Å². The van der Waals surface area contributed by atoms with E-state index in [1.54, 1.807) is 14.2 Å². The lowest BCUT2D eigenvalue weighted by molar-refractivity contribution is -0.139. The van der Waals surface area contributed by atoms with Crippen LogP contribution in [0.5, 0.6) is 17.2 Å². The number of aliphatic hydroxyl groups is 1. The Hall–Kier alpha value is -2.15. The Morgan fingerprint density at radius 3 is 2.50 bits per heavy atom. The molecule has 30 heavy (non-hydrogen) atoms. The van der Waals surface area contributed by atoms with Gasteiger partial charge in [0, 0.05) is 31.7 Å². The fourth-order valence-electron chi connectivity index (χ4n) is 4.33. The second-order valence-corrected chi connectivity index (χ2v) is 15.3. The molecular weight excluding hydrogens is 400 g/mol. The molecule has 0 fully saturated rings. The number of aliphatic hydroxyl groups excluding tert-OH is 1. The summed E-state index contributed by atoms with van der Waals surface area (Å²) < 4.78 is 22.7. The number of benzene rings is 1. The van der Waals surface area contributed by atoms with Crippen LogP contribution in [-0.2, 0) is 9.53 Å². The maximum absolute atomic E-state index is 12.8. The molecule has 1 aromatic carbocycles. The highest BCUT2D eigenvalue weighted by Crippen LogP contribution is 2.55. The highest BCUT2D eigenvalue weighted by molar-refractivity contribution is 6.76. The zero-order valence-corrected chi connectivity index (χ0v) is 20.1. The minimum atomic E-state index is -1.31. The van der Waals surface area contributed by atoms with Crippen molar-refractivity contribution in [3.8, 4) is 17.2 Å². The van der Waals surface area contributed by atoms with Gasteiger partial charge in [-0.25, -0.2) is 4.79 Å². The van der Waals surface area contributed by atoms with E-state index in [1.807, 2.05) is 12.1 Å². The van der Waals surface area contributed by atoms with E-state index in [4.69, 9.17) is 18.9 Å². The van der Waals surface area contributed by atoms with Crippen molar-refractivity contribution in [1.82, 2.24) is 0 Å². The lowest BCUT2D eigenvalue weighted by atomic mass is 9.69. The molecule has 3 rings (SSSR count). The van der Waals surface area contributed by atoms with Crippen LogP contribution in [0, 0.1) is 11.8 Å². The molecule has 3 atom stereocenters. The monoisotopic (exact) mass is 434 g/mol. The predicted octanol–water partition coefficient (Wildman–Crippen LogP) is 4.92. The number of ether oxygens (including phenoxy) is 4. The van der Waals surface area contributed by atoms with Gasteiger partial charge < -0.3 is 24.1 Å².